The molecule has 1 fully saturated rings. The summed E-state index contributed by atoms with van der Waals surface area (Å²) in [4.78, 5) is 38.2. The number of fused-ring (bicyclic) bond motifs is 2. The van der Waals surface area contributed by atoms with Crippen LogP contribution in [0, 0.1) is 38.5 Å². The number of amides is 2. The molecule has 2 N–H and O–H groups in total. The smallest absolute Gasteiger partial charge is 0.252 e. The Bertz CT molecular complexity index is 2360. The van der Waals surface area contributed by atoms with Gasteiger partial charge in [0, 0.05) is 34.5 Å². The summed E-state index contributed by atoms with van der Waals surface area (Å²) in [6, 6.07) is 32.2. The number of rotatable bonds is 7. The summed E-state index contributed by atoms with van der Waals surface area (Å²) in [5.41, 5.74) is 10.8. The second-order valence-electron chi connectivity index (χ2n) is 16.2. The van der Waals surface area contributed by atoms with E-state index in [1.807, 2.05) is 60.7 Å². The van der Waals surface area contributed by atoms with E-state index in [0.29, 0.717) is 17.7 Å². The summed E-state index contributed by atoms with van der Waals surface area (Å²) >= 11 is 0. The molecule has 2 atom stereocenters. The number of nitrogens with one attached hydrogen (secondary N) is 2. The summed E-state index contributed by atoms with van der Waals surface area (Å²) < 4.78 is 0. The van der Waals surface area contributed by atoms with Gasteiger partial charge in [-0.3, -0.25) is 9.59 Å². The zero-order valence-electron chi connectivity index (χ0n) is 31.4. The minimum atomic E-state index is -0.237. The van der Waals surface area contributed by atoms with Crippen LogP contribution < -0.4 is 10.6 Å². The maximum atomic E-state index is 14.2. The van der Waals surface area contributed by atoms with E-state index < -0.39 is 0 Å². The molecular weight excluding hydrogens is 641 g/mol. The number of aromatic nitrogens is 2. The molecule has 0 spiro atoms. The fourth-order valence-electron chi connectivity index (χ4n) is 8.73. The standard InChI is InChI=1S/C46H48N4O2/c1-28-16-18-33(30(3)20-28)41-22-37(35-12-8-10-14-39(35)49-41)43(51)47-27-46(7)25-32(24-45(5,6)26-46)48-44(52)38-23-42(34-19-17-29(2)21-31(34)4)50-40-15-11-9-13-36(38)40/h8-23,32H,24-27H2,1-7H3,(H,47,51)(H,48,52)/t32-,46+/m1/s1. The molecule has 6 nitrogen and oxygen atoms in total. The van der Waals surface area contributed by atoms with Crippen molar-refractivity contribution >= 4 is 33.6 Å². The average molecular weight is 689 g/mol. The van der Waals surface area contributed by atoms with E-state index in [0.717, 1.165) is 74.7 Å². The molecule has 0 radical (unpaired) electrons. The highest BCUT2D eigenvalue weighted by Crippen LogP contribution is 2.46. The van der Waals surface area contributed by atoms with Crippen molar-refractivity contribution in [3.63, 3.8) is 0 Å². The van der Waals surface area contributed by atoms with Gasteiger partial charge in [-0.15, -0.1) is 0 Å². The lowest BCUT2D eigenvalue weighted by Gasteiger charge is -2.47. The van der Waals surface area contributed by atoms with E-state index in [4.69, 9.17) is 9.97 Å². The second-order valence-corrected chi connectivity index (χ2v) is 16.2. The molecule has 6 heteroatoms. The minimum Gasteiger partial charge on any atom is -0.351 e. The van der Waals surface area contributed by atoms with E-state index in [1.165, 1.54) is 11.1 Å². The largest absolute Gasteiger partial charge is 0.351 e. The highest BCUT2D eigenvalue weighted by atomic mass is 16.2. The van der Waals surface area contributed by atoms with E-state index in [-0.39, 0.29) is 28.7 Å². The van der Waals surface area contributed by atoms with Gasteiger partial charge in [-0.1, -0.05) is 105 Å². The third-order valence-corrected chi connectivity index (χ3v) is 10.7. The molecule has 4 aromatic carbocycles. The number of aryl methyl sites for hydroxylation is 4. The molecule has 2 heterocycles. The molecule has 6 aromatic rings. The molecule has 0 bridgehead atoms. The van der Waals surface area contributed by atoms with E-state index in [9.17, 15) is 9.59 Å². The van der Waals surface area contributed by atoms with Gasteiger partial charge in [0.15, 0.2) is 0 Å². The number of para-hydroxylation sites is 2. The summed E-state index contributed by atoms with van der Waals surface area (Å²) in [7, 11) is 0. The Hall–Kier alpha value is -5.36. The third-order valence-electron chi connectivity index (χ3n) is 10.7. The number of hydrogen-bond donors (Lipinski definition) is 2. The SMILES string of the molecule is Cc1ccc(-c2cc(C(=O)NC[C@@]3(C)C[C@H](NC(=O)c4cc(-c5ccc(C)cc5C)nc5ccccc45)CC(C)(C)C3)c3ccccc3n2)c(C)c1. The third kappa shape index (κ3) is 7.20. The van der Waals surface area contributed by atoms with Gasteiger partial charge >= 0.3 is 0 Å². The van der Waals surface area contributed by atoms with Crippen LogP contribution in [-0.2, 0) is 0 Å². The van der Waals surface area contributed by atoms with Crippen LogP contribution in [0.5, 0.6) is 0 Å². The topological polar surface area (TPSA) is 84.0 Å². The predicted octanol–water partition coefficient (Wildman–Crippen LogP) is 10.1. The summed E-state index contributed by atoms with van der Waals surface area (Å²) in [5.74, 6) is -0.210. The van der Waals surface area contributed by atoms with E-state index >= 15 is 0 Å². The summed E-state index contributed by atoms with van der Waals surface area (Å²) in [5, 5.41) is 8.42. The molecule has 1 aliphatic rings. The Balaban J connectivity index is 1.13. The van der Waals surface area contributed by atoms with Crippen LogP contribution >= 0.6 is 0 Å². The normalized spacial score (nSPS) is 18.3. The van der Waals surface area contributed by atoms with Gasteiger partial charge < -0.3 is 10.6 Å². The van der Waals surface area contributed by atoms with Crippen molar-refractivity contribution in [1.29, 1.82) is 0 Å². The second kappa shape index (κ2) is 13.6. The van der Waals surface area contributed by atoms with Crippen LogP contribution in [0.15, 0.2) is 97.1 Å². The van der Waals surface area contributed by atoms with Crippen molar-refractivity contribution in [2.45, 2.75) is 73.8 Å². The fraction of sp³-hybridized carbons (Fsp3) is 0.304. The minimum absolute atomic E-state index is 0.0420. The first kappa shape index (κ1) is 35.1. The van der Waals surface area contributed by atoms with Gasteiger partial charge in [-0.05, 0) is 93.2 Å². The Kier molecular flexibility index (Phi) is 9.20. The number of carbonyl (C=O) groups is 2. The van der Waals surface area contributed by atoms with Gasteiger partial charge in [0.2, 0.25) is 0 Å². The van der Waals surface area contributed by atoms with Gasteiger partial charge in [-0.25, -0.2) is 9.97 Å². The molecule has 0 unspecified atom stereocenters. The van der Waals surface area contributed by atoms with Crippen LogP contribution in [0.25, 0.3) is 44.3 Å². The van der Waals surface area contributed by atoms with Crippen LogP contribution in [0.1, 0.15) is 83.0 Å². The first-order valence-corrected chi connectivity index (χ1v) is 18.3. The van der Waals surface area contributed by atoms with Crippen molar-refractivity contribution in [3.05, 3.63) is 130 Å². The summed E-state index contributed by atoms with van der Waals surface area (Å²) in [6.07, 6.45) is 2.52. The average Bonchev–Trinajstić information content (AvgIpc) is 3.09. The van der Waals surface area contributed by atoms with Crippen molar-refractivity contribution < 1.29 is 9.59 Å². The van der Waals surface area contributed by atoms with Crippen molar-refractivity contribution in [3.8, 4) is 22.5 Å². The molecule has 0 aliphatic heterocycles. The van der Waals surface area contributed by atoms with Gasteiger partial charge in [-0.2, -0.15) is 0 Å². The maximum Gasteiger partial charge on any atom is 0.252 e. The number of pyridine rings is 2. The van der Waals surface area contributed by atoms with E-state index in [1.54, 1.807) is 0 Å². The molecular formula is C46H48N4O2. The Morgan fingerprint density at radius 2 is 1.15 bits per heavy atom. The van der Waals surface area contributed by atoms with Crippen LogP contribution in [0.2, 0.25) is 0 Å². The fourth-order valence-corrected chi connectivity index (χ4v) is 8.73. The lowest BCUT2D eigenvalue weighted by atomic mass is 9.62. The predicted molar refractivity (Wildman–Crippen MR) is 213 cm³/mol. The zero-order chi connectivity index (χ0) is 36.8. The Morgan fingerprint density at radius 1 is 0.654 bits per heavy atom. The summed E-state index contributed by atoms with van der Waals surface area (Å²) in [6.45, 7) is 15.6. The molecule has 52 heavy (non-hydrogen) atoms. The molecule has 2 aromatic heterocycles. The zero-order valence-corrected chi connectivity index (χ0v) is 31.4. The van der Waals surface area contributed by atoms with Gasteiger partial charge in [0.05, 0.1) is 33.5 Å². The van der Waals surface area contributed by atoms with E-state index in [2.05, 4.69) is 95.5 Å². The molecule has 264 valence electrons. The molecule has 2 amide bonds. The lowest BCUT2D eigenvalue weighted by molar-refractivity contribution is 0.0593. The Morgan fingerprint density at radius 3 is 1.67 bits per heavy atom. The van der Waals surface area contributed by atoms with Gasteiger partial charge in [0.1, 0.15) is 0 Å². The Labute approximate surface area is 307 Å². The van der Waals surface area contributed by atoms with Gasteiger partial charge in [0.25, 0.3) is 11.8 Å². The molecule has 7 rings (SSSR count). The molecule has 0 saturated heterocycles. The number of hydrogen-bond acceptors (Lipinski definition) is 4. The van der Waals surface area contributed by atoms with Crippen LogP contribution in [0.3, 0.4) is 0 Å². The highest BCUT2D eigenvalue weighted by molar-refractivity contribution is 6.08. The monoisotopic (exact) mass is 688 g/mol. The molecule has 1 aliphatic carbocycles. The highest BCUT2D eigenvalue weighted by Gasteiger charge is 2.42. The van der Waals surface area contributed by atoms with Crippen molar-refractivity contribution in [1.82, 2.24) is 20.6 Å². The first-order chi connectivity index (χ1) is 24.8. The maximum absolute atomic E-state index is 14.2. The van der Waals surface area contributed by atoms with Crippen molar-refractivity contribution in [2.24, 2.45) is 10.8 Å². The van der Waals surface area contributed by atoms with Crippen LogP contribution in [-0.4, -0.2) is 34.4 Å². The number of benzene rings is 4. The van der Waals surface area contributed by atoms with Crippen molar-refractivity contribution in [2.75, 3.05) is 6.54 Å². The quantitative estimate of drug-likeness (QED) is 0.175. The number of carbonyl (C=O) groups excluding carboxylic acids is 2. The molecule has 1 saturated carbocycles. The number of nitrogens with zero attached hydrogens (tertiary/aromatic N) is 2. The lowest BCUT2D eigenvalue weighted by Crippen LogP contribution is -2.50. The first-order valence-electron chi connectivity index (χ1n) is 18.3. The van der Waals surface area contributed by atoms with Crippen LogP contribution in [0.4, 0.5) is 0 Å².